The Bertz CT molecular complexity index is 869. The molecule has 1 N–H and O–H groups in total. The van der Waals surface area contributed by atoms with E-state index in [2.05, 4.69) is 20.0 Å². The van der Waals surface area contributed by atoms with Crippen molar-refractivity contribution in [3.8, 4) is 5.75 Å². The first-order valence-electron chi connectivity index (χ1n) is 9.39. The first-order valence-corrected chi connectivity index (χ1v) is 9.39. The van der Waals surface area contributed by atoms with E-state index in [4.69, 9.17) is 0 Å². The van der Waals surface area contributed by atoms with Gasteiger partial charge in [-0.25, -0.2) is 9.97 Å². The minimum Gasteiger partial charge on any atom is -0.406 e. The lowest BCUT2D eigenvalue weighted by atomic mass is 10.0. The summed E-state index contributed by atoms with van der Waals surface area (Å²) < 4.78 is 41.8. The van der Waals surface area contributed by atoms with Crippen molar-refractivity contribution in [2.24, 2.45) is 0 Å². The molecule has 1 aromatic heterocycles. The van der Waals surface area contributed by atoms with Gasteiger partial charge in [-0.05, 0) is 42.5 Å². The number of rotatable bonds is 6. The fourth-order valence-electron chi connectivity index (χ4n) is 3.01. The third-order valence-electron chi connectivity index (χ3n) is 4.82. The smallest absolute Gasteiger partial charge is 0.406 e. The molecular weight excluding hydrogens is 385 g/mol. The number of carbonyl (C=O) groups excluding carboxylic acids is 1. The predicted octanol–water partition coefficient (Wildman–Crippen LogP) is 4.35. The van der Waals surface area contributed by atoms with Gasteiger partial charge in [0.1, 0.15) is 5.75 Å². The summed E-state index contributed by atoms with van der Waals surface area (Å²) in [7, 11) is 0. The molecule has 6 nitrogen and oxygen atoms in total. The molecule has 1 amide bonds. The molecule has 1 fully saturated rings. The Morgan fingerprint density at radius 3 is 2.48 bits per heavy atom. The van der Waals surface area contributed by atoms with Crippen molar-refractivity contribution < 1.29 is 22.7 Å². The van der Waals surface area contributed by atoms with Crippen LogP contribution < -0.4 is 10.1 Å². The Hall–Kier alpha value is -2.84. The maximum absolute atomic E-state index is 12.6. The number of benzene rings is 1. The van der Waals surface area contributed by atoms with Gasteiger partial charge >= 0.3 is 6.36 Å². The highest BCUT2D eigenvalue weighted by atomic mass is 19.4. The van der Waals surface area contributed by atoms with E-state index in [0.717, 1.165) is 18.5 Å². The van der Waals surface area contributed by atoms with Gasteiger partial charge in [-0.3, -0.25) is 4.79 Å². The number of alkyl halides is 3. The average Bonchev–Trinajstić information content (AvgIpc) is 2.64. The van der Waals surface area contributed by atoms with Crippen LogP contribution >= 0.6 is 0 Å². The van der Waals surface area contributed by atoms with Gasteiger partial charge in [0, 0.05) is 31.5 Å². The molecule has 0 radical (unpaired) electrons. The molecule has 1 aliphatic rings. The molecule has 2 aromatic rings. The van der Waals surface area contributed by atoms with Crippen molar-refractivity contribution in [2.45, 2.75) is 52.1 Å². The standard InChI is InChI=1S/C20H23F3N4O2/c1-12(2)15-6-14(7-17(8-15)29-20(21,22)23)9-24-19-25-10-16(11-26-19)18(28)27-5-4-13(27)3/h6-8,10-13H,4-5,9H2,1-3H3,(H,24,25,26)/t13-/m1/s1. The summed E-state index contributed by atoms with van der Waals surface area (Å²) in [4.78, 5) is 22.3. The zero-order chi connectivity index (χ0) is 21.2. The second kappa shape index (κ2) is 8.26. The lowest BCUT2D eigenvalue weighted by molar-refractivity contribution is -0.274. The van der Waals surface area contributed by atoms with Crippen molar-refractivity contribution in [3.63, 3.8) is 0 Å². The van der Waals surface area contributed by atoms with Crippen LogP contribution in [0.4, 0.5) is 19.1 Å². The third kappa shape index (κ3) is 5.36. The third-order valence-corrected chi connectivity index (χ3v) is 4.82. The van der Waals surface area contributed by atoms with Crippen LogP contribution in [0, 0.1) is 0 Å². The summed E-state index contributed by atoms with van der Waals surface area (Å²) in [6.45, 7) is 6.71. The summed E-state index contributed by atoms with van der Waals surface area (Å²) in [5.41, 5.74) is 1.74. The topological polar surface area (TPSA) is 67.4 Å². The van der Waals surface area contributed by atoms with E-state index in [9.17, 15) is 18.0 Å². The molecule has 0 saturated carbocycles. The van der Waals surface area contributed by atoms with E-state index in [1.165, 1.54) is 24.5 Å². The van der Waals surface area contributed by atoms with Crippen molar-refractivity contribution in [2.75, 3.05) is 11.9 Å². The number of anilines is 1. The van der Waals surface area contributed by atoms with Gasteiger partial charge in [0.25, 0.3) is 5.91 Å². The lowest BCUT2D eigenvalue weighted by Crippen LogP contribution is -2.49. The van der Waals surface area contributed by atoms with Crippen molar-refractivity contribution in [1.82, 2.24) is 14.9 Å². The van der Waals surface area contributed by atoms with Gasteiger partial charge in [0.2, 0.25) is 5.95 Å². The molecule has 3 rings (SSSR count). The van der Waals surface area contributed by atoms with Crippen LogP contribution in [-0.4, -0.2) is 39.7 Å². The van der Waals surface area contributed by atoms with Crippen LogP contribution in [0.1, 0.15) is 54.6 Å². The Labute approximate surface area is 167 Å². The number of nitrogens with zero attached hydrogens (tertiary/aromatic N) is 3. The highest BCUT2D eigenvalue weighted by Crippen LogP contribution is 2.28. The molecule has 156 valence electrons. The molecule has 1 aliphatic heterocycles. The minimum absolute atomic E-state index is 0.0379. The number of aromatic nitrogens is 2. The largest absolute Gasteiger partial charge is 0.573 e. The summed E-state index contributed by atoms with van der Waals surface area (Å²) in [6, 6.07) is 4.75. The maximum Gasteiger partial charge on any atom is 0.573 e. The minimum atomic E-state index is -4.75. The molecule has 0 aliphatic carbocycles. The number of carbonyl (C=O) groups is 1. The van der Waals surface area contributed by atoms with Gasteiger partial charge in [-0.2, -0.15) is 0 Å². The fourth-order valence-corrected chi connectivity index (χ4v) is 3.01. The molecule has 1 aromatic carbocycles. The van der Waals surface area contributed by atoms with E-state index in [0.29, 0.717) is 11.1 Å². The first kappa shape index (κ1) is 20.9. The quantitative estimate of drug-likeness (QED) is 0.770. The number of likely N-dealkylation sites (tertiary alicyclic amines) is 1. The van der Waals surface area contributed by atoms with Crippen LogP contribution in [0.2, 0.25) is 0 Å². The van der Waals surface area contributed by atoms with Crippen LogP contribution in [0.5, 0.6) is 5.75 Å². The molecule has 0 unspecified atom stereocenters. The van der Waals surface area contributed by atoms with Crippen LogP contribution in [0.15, 0.2) is 30.6 Å². The lowest BCUT2D eigenvalue weighted by Gasteiger charge is -2.38. The number of nitrogens with one attached hydrogen (secondary N) is 1. The normalized spacial score (nSPS) is 16.5. The molecule has 1 atom stereocenters. The number of halogens is 3. The number of ether oxygens (including phenoxy) is 1. The van der Waals surface area contributed by atoms with Gasteiger partial charge in [0.15, 0.2) is 0 Å². The van der Waals surface area contributed by atoms with Crippen molar-refractivity contribution in [3.05, 3.63) is 47.3 Å². The Balaban J connectivity index is 1.68. The fraction of sp³-hybridized carbons (Fsp3) is 0.450. The van der Waals surface area contributed by atoms with E-state index < -0.39 is 6.36 Å². The molecule has 0 spiro atoms. The monoisotopic (exact) mass is 408 g/mol. The zero-order valence-electron chi connectivity index (χ0n) is 16.5. The second-order valence-electron chi connectivity index (χ2n) is 7.40. The van der Waals surface area contributed by atoms with Crippen LogP contribution in [0.3, 0.4) is 0 Å². The van der Waals surface area contributed by atoms with Gasteiger partial charge < -0.3 is 15.0 Å². The summed E-state index contributed by atoms with van der Waals surface area (Å²) >= 11 is 0. The number of amides is 1. The van der Waals surface area contributed by atoms with E-state index in [1.807, 2.05) is 26.8 Å². The molecule has 0 bridgehead atoms. The zero-order valence-corrected chi connectivity index (χ0v) is 16.5. The second-order valence-corrected chi connectivity index (χ2v) is 7.40. The maximum atomic E-state index is 12.6. The van der Waals surface area contributed by atoms with Crippen LogP contribution in [-0.2, 0) is 6.54 Å². The molecule has 9 heteroatoms. The number of hydrogen-bond acceptors (Lipinski definition) is 5. The van der Waals surface area contributed by atoms with Gasteiger partial charge in [-0.15, -0.1) is 13.2 Å². The summed E-state index contributed by atoms with van der Waals surface area (Å²) in [5, 5.41) is 2.97. The van der Waals surface area contributed by atoms with E-state index >= 15 is 0 Å². The summed E-state index contributed by atoms with van der Waals surface area (Å²) in [5.74, 6) is -0.0395. The van der Waals surface area contributed by atoms with Gasteiger partial charge in [0.05, 0.1) is 5.56 Å². The molecule has 1 saturated heterocycles. The highest BCUT2D eigenvalue weighted by Gasteiger charge is 2.31. The number of hydrogen-bond donors (Lipinski definition) is 1. The Morgan fingerprint density at radius 2 is 1.97 bits per heavy atom. The average molecular weight is 408 g/mol. The summed E-state index contributed by atoms with van der Waals surface area (Å²) in [6.07, 6.45) is -0.863. The Kier molecular flexibility index (Phi) is 5.95. The SMILES string of the molecule is CC(C)c1cc(CNc2ncc(C(=O)N3CC[C@H]3C)cn2)cc(OC(F)(F)F)c1. The molecule has 29 heavy (non-hydrogen) atoms. The van der Waals surface area contributed by atoms with Crippen molar-refractivity contribution >= 4 is 11.9 Å². The molecule has 2 heterocycles. The van der Waals surface area contributed by atoms with Gasteiger partial charge in [-0.1, -0.05) is 19.9 Å². The predicted molar refractivity (Wildman–Crippen MR) is 102 cm³/mol. The first-order chi connectivity index (χ1) is 13.6. The van der Waals surface area contributed by atoms with Crippen LogP contribution in [0.25, 0.3) is 0 Å². The highest BCUT2D eigenvalue weighted by molar-refractivity contribution is 5.94. The van der Waals surface area contributed by atoms with E-state index in [-0.39, 0.29) is 36.1 Å². The van der Waals surface area contributed by atoms with E-state index in [1.54, 1.807) is 4.90 Å². The molecular formula is C20H23F3N4O2. The Morgan fingerprint density at radius 1 is 1.28 bits per heavy atom. The van der Waals surface area contributed by atoms with Crippen molar-refractivity contribution in [1.29, 1.82) is 0 Å².